The van der Waals surface area contributed by atoms with Crippen LogP contribution < -0.4 is 0 Å². The second-order valence-electron chi connectivity index (χ2n) is 7.40. The van der Waals surface area contributed by atoms with Gasteiger partial charge in [0.15, 0.2) is 0 Å². The third kappa shape index (κ3) is 4.10. The summed E-state index contributed by atoms with van der Waals surface area (Å²) in [6.45, 7) is 2.88. The maximum Gasteiger partial charge on any atom is 0.336 e. The van der Waals surface area contributed by atoms with Crippen molar-refractivity contribution in [2.75, 3.05) is 0 Å². The molecule has 0 aliphatic heterocycles. The van der Waals surface area contributed by atoms with Crippen LogP contribution >= 0.6 is 11.6 Å². The lowest BCUT2D eigenvalue weighted by Gasteiger charge is -2.11. The monoisotopic (exact) mass is 418 g/mol. The number of halogens is 1. The molecule has 4 nitrogen and oxygen atoms in total. The van der Waals surface area contributed by atoms with Crippen molar-refractivity contribution in [3.05, 3.63) is 88.7 Å². The van der Waals surface area contributed by atoms with Crippen LogP contribution in [0.15, 0.2) is 66.7 Å². The Morgan fingerprint density at radius 1 is 1.07 bits per heavy atom. The zero-order chi connectivity index (χ0) is 21.1. The van der Waals surface area contributed by atoms with Crippen LogP contribution in [0, 0.1) is 0 Å². The first kappa shape index (κ1) is 20.2. The third-order valence-electron chi connectivity index (χ3n) is 5.31. The summed E-state index contributed by atoms with van der Waals surface area (Å²) in [4.78, 5) is 16.3. The second kappa shape index (κ2) is 8.72. The molecule has 0 radical (unpaired) electrons. The van der Waals surface area contributed by atoms with Crippen molar-refractivity contribution in [3.63, 3.8) is 0 Å². The number of nitrogens with zero attached hydrogens (tertiary/aromatic N) is 2. The fourth-order valence-corrected chi connectivity index (χ4v) is 3.91. The molecule has 1 heterocycles. The summed E-state index contributed by atoms with van der Waals surface area (Å²) in [6, 6.07) is 21.0. The van der Waals surface area contributed by atoms with Gasteiger partial charge in [0, 0.05) is 18.0 Å². The van der Waals surface area contributed by atoms with Gasteiger partial charge in [-0.05, 0) is 47.4 Å². The molecule has 3 aromatic carbocycles. The molecule has 30 heavy (non-hydrogen) atoms. The summed E-state index contributed by atoms with van der Waals surface area (Å²) in [6.07, 6.45) is 3.12. The number of aromatic carboxylic acids is 1. The van der Waals surface area contributed by atoms with E-state index in [1.807, 2.05) is 42.5 Å². The van der Waals surface area contributed by atoms with Gasteiger partial charge in [-0.15, -0.1) is 0 Å². The quantitative estimate of drug-likeness (QED) is 0.375. The van der Waals surface area contributed by atoms with Crippen LogP contribution in [0.4, 0.5) is 0 Å². The highest BCUT2D eigenvalue weighted by molar-refractivity contribution is 6.31. The minimum absolute atomic E-state index is 0.310. The predicted molar refractivity (Wildman–Crippen MR) is 121 cm³/mol. The molecule has 1 aromatic heterocycles. The summed E-state index contributed by atoms with van der Waals surface area (Å²) in [5.41, 5.74) is 5.06. The highest BCUT2D eigenvalue weighted by atomic mass is 35.5. The first-order chi connectivity index (χ1) is 14.6. The lowest BCUT2D eigenvalue weighted by Crippen LogP contribution is -2.05. The predicted octanol–water partition coefficient (Wildman–Crippen LogP) is 6.45. The molecule has 0 spiro atoms. The summed E-state index contributed by atoms with van der Waals surface area (Å²) >= 11 is 6.16. The van der Waals surface area contributed by atoms with Gasteiger partial charge in [-0.2, -0.15) is 0 Å². The highest BCUT2D eigenvalue weighted by Gasteiger charge is 2.13. The maximum atomic E-state index is 11.5. The van der Waals surface area contributed by atoms with Gasteiger partial charge >= 0.3 is 5.97 Å². The van der Waals surface area contributed by atoms with Gasteiger partial charge in [-0.25, -0.2) is 9.78 Å². The van der Waals surface area contributed by atoms with Gasteiger partial charge in [0.1, 0.15) is 5.82 Å². The first-order valence-electron chi connectivity index (χ1n) is 10.1. The van der Waals surface area contributed by atoms with Crippen LogP contribution in [0.2, 0.25) is 5.02 Å². The molecule has 0 aliphatic carbocycles. The van der Waals surface area contributed by atoms with Crippen LogP contribution in [-0.4, -0.2) is 20.6 Å². The normalized spacial score (nSPS) is 11.1. The maximum absolute atomic E-state index is 11.5. The van der Waals surface area contributed by atoms with Crippen molar-refractivity contribution >= 4 is 28.6 Å². The molecule has 152 valence electrons. The third-order valence-corrected chi connectivity index (χ3v) is 5.54. The van der Waals surface area contributed by atoms with E-state index < -0.39 is 5.97 Å². The van der Waals surface area contributed by atoms with E-state index in [1.54, 1.807) is 12.1 Å². The van der Waals surface area contributed by atoms with E-state index in [1.165, 1.54) is 0 Å². The lowest BCUT2D eigenvalue weighted by atomic mass is 9.99. The molecule has 1 N–H and O–H groups in total. The molecule has 5 heteroatoms. The van der Waals surface area contributed by atoms with E-state index in [9.17, 15) is 9.90 Å². The zero-order valence-corrected chi connectivity index (χ0v) is 17.6. The molecule has 0 fully saturated rings. The van der Waals surface area contributed by atoms with Crippen LogP contribution in [0.5, 0.6) is 0 Å². The molecule has 0 unspecified atom stereocenters. The van der Waals surface area contributed by atoms with E-state index >= 15 is 0 Å². The molecule has 0 aliphatic rings. The van der Waals surface area contributed by atoms with E-state index in [0.717, 1.165) is 52.8 Å². The number of aryl methyl sites for hydroxylation is 1. The first-order valence-corrected chi connectivity index (χ1v) is 10.5. The average molecular weight is 419 g/mol. The summed E-state index contributed by atoms with van der Waals surface area (Å²) < 4.78 is 2.25. The molecule has 0 bridgehead atoms. The average Bonchev–Trinajstić information content (AvgIpc) is 3.09. The van der Waals surface area contributed by atoms with Gasteiger partial charge in [0.25, 0.3) is 0 Å². The van der Waals surface area contributed by atoms with Gasteiger partial charge in [0.05, 0.1) is 16.6 Å². The Hall–Kier alpha value is -3.11. The van der Waals surface area contributed by atoms with Crippen LogP contribution in [0.3, 0.4) is 0 Å². The van der Waals surface area contributed by atoms with Crippen LogP contribution in [0.1, 0.15) is 41.5 Å². The van der Waals surface area contributed by atoms with Gasteiger partial charge in [-0.3, -0.25) is 0 Å². The molecule has 0 saturated carbocycles. The molecule has 0 amide bonds. The van der Waals surface area contributed by atoms with Crippen molar-refractivity contribution in [2.45, 2.75) is 32.7 Å². The second-order valence-corrected chi connectivity index (χ2v) is 7.83. The molecular formula is C25H23ClN2O2. The number of imidazole rings is 1. The van der Waals surface area contributed by atoms with Crippen molar-refractivity contribution in [3.8, 4) is 11.1 Å². The lowest BCUT2D eigenvalue weighted by molar-refractivity contribution is 0.0697. The summed E-state index contributed by atoms with van der Waals surface area (Å²) in [7, 11) is 0. The molecule has 0 atom stereocenters. The summed E-state index contributed by atoms with van der Waals surface area (Å²) in [5, 5.41) is 10.1. The SMILES string of the molecule is CCCCc1nc2cc(Cl)ccc2n1Cc1ccc(-c2ccccc2C(=O)O)cc1. The number of hydrogen-bond donors (Lipinski definition) is 1. The number of unbranched alkanes of at least 4 members (excludes halogenated alkanes) is 1. The van der Waals surface area contributed by atoms with Gasteiger partial charge in [-0.1, -0.05) is 67.4 Å². The topological polar surface area (TPSA) is 55.1 Å². The number of hydrogen-bond acceptors (Lipinski definition) is 2. The Morgan fingerprint density at radius 3 is 2.57 bits per heavy atom. The number of rotatable bonds is 7. The fourth-order valence-electron chi connectivity index (χ4n) is 3.75. The van der Waals surface area contributed by atoms with Crippen molar-refractivity contribution in [1.29, 1.82) is 0 Å². The Balaban J connectivity index is 1.67. The minimum Gasteiger partial charge on any atom is -0.478 e. The Labute approximate surface area is 180 Å². The largest absolute Gasteiger partial charge is 0.478 e. The van der Waals surface area contributed by atoms with Crippen molar-refractivity contribution < 1.29 is 9.90 Å². The Kier molecular flexibility index (Phi) is 5.86. The molecule has 4 rings (SSSR count). The van der Waals surface area contributed by atoms with Gasteiger partial charge < -0.3 is 9.67 Å². The number of carboxylic acids is 1. The van der Waals surface area contributed by atoms with E-state index in [2.05, 4.69) is 23.6 Å². The summed E-state index contributed by atoms with van der Waals surface area (Å²) in [5.74, 6) is 0.146. The number of fused-ring (bicyclic) bond motifs is 1. The smallest absolute Gasteiger partial charge is 0.336 e. The van der Waals surface area contributed by atoms with Crippen molar-refractivity contribution in [1.82, 2.24) is 9.55 Å². The number of aromatic nitrogens is 2. The fraction of sp³-hybridized carbons (Fsp3) is 0.200. The van der Waals surface area contributed by atoms with Crippen LogP contribution in [0.25, 0.3) is 22.2 Å². The highest BCUT2D eigenvalue weighted by Crippen LogP contribution is 2.26. The molecule has 4 aromatic rings. The molecule has 0 saturated heterocycles. The number of carbonyl (C=O) groups is 1. The molecular weight excluding hydrogens is 396 g/mol. The van der Waals surface area contributed by atoms with Crippen LogP contribution in [-0.2, 0) is 13.0 Å². The Morgan fingerprint density at radius 2 is 1.83 bits per heavy atom. The van der Waals surface area contributed by atoms with E-state index in [-0.39, 0.29) is 0 Å². The van der Waals surface area contributed by atoms with Gasteiger partial charge in [0.2, 0.25) is 0 Å². The number of benzene rings is 3. The number of carboxylic acid groups (broad SMARTS) is 1. The van der Waals surface area contributed by atoms with E-state index in [4.69, 9.17) is 16.6 Å². The zero-order valence-electron chi connectivity index (χ0n) is 16.8. The standard InChI is InChI=1S/C25H23ClN2O2/c1-2-3-8-24-27-22-15-19(26)13-14-23(22)28(24)16-17-9-11-18(12-10-17)20-6-4-5-7-21(20)25(29)30/h4-7,9-15H,2-3,8,16H2,1H3,(H,29,30). The Bertz CT molecular complexity index is 1200. The van der Waals surface area contributed by atoms with E-state index in [0.29, 0.717) is 17.1 Å². The minimum atomic E-state index is -0.918. The van der Waals surface area contributed by atoms with Crippen molar-refractivity contribution in [2.24, 2.45) is 0 Å².